The van der Waals surface area contributed by atoms with E-state index in [0.717, 1.165) is 0 Å². The average Bonchev–Trinajstić information content (AvgIpc) is 2.76. The summed E-state index contributed by atoms with van der Waals surface area (Å²) in [6.07, 6.45) is 0.353. The van der Waals surface area contributed by atoms with Gasteiger partial charge >= 0.3 is 0 Å². The fraction of sp³-hybridized carbons (Fsp3) is 0.462. The highest BCUT2D eigenvalue weighted by Gasteiger charge is 2.28. The highest BCUT2D eigenvalue weighted by molar-refractivity contribution is 7.89. The highest BCUT2D eigenvalue weighted by Crippen LogP contribution is 2.27. The van der Waals surface area contributed by atoms with E-state index in [0.29, 0.717) is 18.0 Å². The fourth-order valence-corrected chi connectivity index (χ4v) is 3.80. The molecule has 1 fully saturated rings. The number of amides is 1. The highest BCUT2D eigenvalue weighted by atomic mass is 35.5. The van der Waals surface area contributed by atoms with Crippen LogP contribution >= 0.6 is 11.6 Å². The van der Waals surface area contributed by atoms with E-state index in [-0.39, 0.29) is 29.0 Å². The maximum atomic E-state index is 12.3. The number of ether oxygens (including phenoxy) is 1. The summed E-state index contributed by atoms with van der Waals surface area (Å²) < 4.78 is 32.2. The van der Waals surface area contributed by atoms with Crippen molar-refractivity contribution in [3.63, 3.8) is 0 Å². The Morgan fingerprint density at radius 1 is 1.48 bits per heavy atom. The molecule has 0 saturated carbocycles. The minimum Gasteiger partial charge on any atom is -0.495 e. The topological polar surface area (TPSA) is 75.7 Å². The predicted octanol–water partition coefficient (Wildman–Crippen LogP) is 1.11. The van der Waals surface area contributed by atoms with Crippen LogP contribution in [0, 0.1) is 5.92 Å². The number of halogens is 1. The van der Waals surface area contributed by atoms with E-state index in [2.05, 4.69) is 4.72 Å². The van der Waals surface area contributed by atoms with Gasteiger partial charge in [0.15, 0.2) is 0 Å². The molecular formula is C13H17ClN2O4S. The minimum absolute atomic E-state index is 0.00446. The zero-order valence-electron chi connectivity index (χ0n) is 11.8. The van der Waals surface area contributed by atoms with Crippen LogP contribution in [0.2, 0.25) is 5.02 Å². The van der Waals surface area contributed by atoms with Crippen molar-refractivity contribution in [2.45, 2.75) is 11.3 Å². The second-order valence-electron chi connectivity index (χ2n) is 4.99. The molecule has 2 rings (SSSR count). The Kier molecular flexibility index (Phi) is 4.75. The van der Waals surface area contributed by atoms with Crippen molar-refractivity contribution in [3.8, 4) is 5.75 Å². The van der Waals surface area contributed by atoms with Gasteiger partial charge < -0.3 is 9.64 Å². The molecule has 116 valence electrons. The fourth-order valence-electron chi connectivity index (χ4n) is 2.26. The lowest BCUT2D eigenvalue weighted by Crippen LogP contribution is -2.30. The van der Waals surface area contributed by atoms with Crippen LogP contribution in [0.3, 0.4) is 0 Å². The first-order chi connectivity index (χ1) is 9.83. The van der Waals surface area contributed by atoms with Gasteiger partial charge in [-0.1, -0.05) is 11.6 Å². The van der Waals surface area contributed by atoms with Gasteiger partial charge in [-0.05, 0) is 24.1 Å². The molecule has 1 aromatic rings. The Morgan fingerprint density at radius 3 is 2.76 bits per heavy atom. The molecule has 1 atom stereocenters. The Morgan fingerprint density at radius 2 is 2.19 bits per heavy atom. The number of hydrogen-bond acceptors (Lipinski definition) is 4. The Bertz CT molecular complexity index is 648. The van der Waals surface area contributed by atoms with Gasteiger partial charge in [-0.2, -0.15) is 0 Å². The molecule has 0 radical (unpaired) electrons. The number of methoxy groups -OCH3 is 1. The van der Waals surface area contributed by atoms with E-state index in [4.69, 9.17) is 16.3 Å². The quantitative estimate of drug-likeness (QED) is 0.876. The van der Waals surface area contributed by atoms with Crippen LogP contribution in [0.4, 0.5) is 0 Å². The third-order valence-electron chi connectivity index (χ3n) is 3.40. The Labute approximate surface area is 129 Å². The molecule has 1 aliphatic rings. The SMILES string of the molecule is COc1ccc(Cl)cc1S(=O)(=O)NCC1CC(=O)N(C)C1. The van der Waals surface area contributed by atoms with Crippen LogP contribution < -0.4 is 9.46 Å². The molecule has 1 aliphatic heterocycles. The molecule has 0 aromatic heterocycles. The number of hydrogen-bond donors (Lipinski definition) is 1. The summed E-state index contributed by atoms with van der Waals surface area (Å²) in [6, 6.07) is 4.41. The molecule has 1 unspecified atom stereocenters. The van der Waals surface area contributed by atoms with E-state index in [1.54, 1.807) is 18.0 Å². The second kappa shape index (κ2) is 6.21. The Balaban J connectivity index is 2.12. The second-order valence-corrected chi connectivity index (χ2v) is 7.16. The zero-order chi connectivity index (χ0) is 15.6. The molecule has 6 nitrogen and oxygen atoms in total. The number of carbonyl (C=O) groups is 1. The number of rotatable bonds is 5. The Hall–Kier alpha value is -1.31. The van der Waals surface area contributed by atoms with Crippen LogP contribution in [0.5, 0.6) is 5.75 Å². The molecule has 8 heteroatoms. The average molecular weight is 333 g/mol. The van der Waals surface area contributed by atoms with Gasteiger partial charge in [0.05, 0.1) is 7.11 Å². The summed E-state index contributed by atoms with van der Waals surface area (Å²) in [5.74, 6) is 0.230. The van der Waals surface area contributed by atoms with E-state index in [1.165, 1.54) is 19.2 Å². The van der Waals surface area contributed by atoms with Crippen molar-refractivity contribution < 1.29 is 17.9 Å². The monoisotopic (exact) mass is 332 g/mol. The molecule has 21 heavy (non-hydrogen) atoms. The summed E-state index contributed by atoms with van der Waals surface area (Å²) in [6.45, 7) is 0.752. The third kappa shape index (κ3) is 3.66. The molecule has 1 N–H and O–H groups in total. The molecule has 0 aliphatic carbocycles. The normalized spacial score (nSPS) is 19.1. The lowest BCUT2D eigenvalue weighted by atomic mass is 10.1. The van der Waals surface area contributed by atoms with Crippen LogP contribution in [0.1, 0.15) is 6.42 Å². The minimum atomic E-state index is -3.74. The molecular weight excluding hydrogens is 316 g/mol. The number of sulfonamides is 1. The molecule has 1 aromatic carbocycles. The van der Waals surface area contributed by atoms with Gasteiger partial charge in [-0.15, -0.1) is 0 Å². The van der Waals surface area contributed by atoms with E-state index in [1.807, 2.05) is 0 Å². The van der Waals surface area contributed by atoms with Gasteiger partial charge in [0, 0.05) is 31.6 Å². The summed E-state index contributed by atoms with van der Waals surface area (Å²) in [5, 5.41) is 0.312. The first kappa shape index (κ1) is 16.1. The lowest BCUT2D eigenvalue weighted by Gasteiger charge is -2.14. The van der Waals surface area contributed by atoms with Gasteiger partial charge in [0.25, 0.3) is 0 Å². The number of benzene rings is 1. The van der Waals surface area contributed by atoms with Crippen molar-refractivity contribution in [3.05, 3.63) is 23.2 Å². The molecule has 0 spiro atoms. The standard InChI is InChI=1S/C13H17ClN2O4S/c1-16-8-9(5-13(16)17)7-15-21(18,19)12-6-10(14)3-4-11(12)20-2/h3-4,6,9,15H,5,7-8H2,1-2H3. The van der Waals surface area contributed by atoms with Crippen molar-refractivity contribution in [2.75, 3.05) is 27.2 Å². The number of carbonyl (C=O) groups excluding carboxylic acids is 1. The molecule has 1 amide bonds. The van der Waals surface area contributed by atoms with Crippen LogP contribution in [-0.2, 0) is 14.8 Å². The zero-order valence-corrected chi connectivity index (χ0v) is 13.4. The third-order valence-corrected chi connectivity index (χ3v) is 5.08. The number of nitrogens with one attached hydrogen (secondary N) is 1. The first-order valence-corrected chi connectivity index (χ1v) is 8.27. The van der Waals surface area contributed by atoms with Crippen molar-refractivity contribution in [1.82, 2.24) is 9.62 Å². The van der Waals surface area contributed by atoms with Crippen molar-refractivity contribution in [1.29, 1.82) is 0 Å². The van der Waals surface area contributed by atoms with Gasteiger partial charge in [0.2, 0.25) is 15.9 Å². The summed E-state index contributed by atoms with van der Waals surface area (Å²) in [5.41, 5.74) is 0. The lowest BCUT2D eigenvalue weighted by molar-refractivity contribution is -0.126. The predicted molar refractivity (Wildman–Crippen MR) is 78.9 cm³/mol. The van der Waals surface area contributed by atoms with Gasteiger partial charge in [-0.25, -0.2) is 13.1 Å². The van der Waals surface area contributed by atoms with Crippen LogP contribution in [0.15, 0.2) is 23.1 Å². The van der Waals surface area contributed by atoms with Crippen LogP contribution in [-0.4, -0.2) is 46.5 Å². The molecule has 1 heterocycles. The molecule has 1 saturated heterocycles. The van der Waals surface area contributed by atoms with Crippen molar-refractivity contribution in [2.24, 2.45) is 5.92 Å². The van der Waals surface area contributed by atoms with E-state index in [9.17, 15) is 13.2 Å². The summed E-state index contributed by atoms with van der Waals surface area (Å²) in [7, 11) is -0.636. The number of nitrogens with zero attached hydrogens (tertiary/aromatic N) is 1. The largest absolute Gasteiger partial charge is 0.495 e. The van der Waals surface area contributed by atoms with E-state index < -0.39 is 10.0 Å². The maximum absolute atomic E-state index is 12.3. The van der Waals surface area contributed by atoms with Gasteiger partial charge in [-0.3, -0.25) is 4.79 Å². The first-order valence-electron chi connectivity index (χ1n) is 6.40. The number of likely N-dealkylation sites (tertiary alicyclic amines) is 1. The van der Waals surface area contributed by atoms with Gasteiger partial charge in [0.1, 0.15) is 10.6 Å². The van der Waals surface area contributed by atoms with Crippen molar-refractivity contribution >= 4 is 27.5 Å². The maximum Gasteiger partial charge on any atom is 0.244 e. The molecule has 0 bridgehead atoms. The smallest absolute Gasteiger partial charge is 0.244 e. The summed E-state index contributed by atoms with van der Waals surface area (Å²) in [4.78, 5) is 13.0. The summed E-state index contributed by atoms with van der Waals surface area (Å²) >= 11 is 5.85. The van der Waals surface area contributed by atoms with E-state index >= 15 is 0 Å². The van der Waals surface area contributed by atoms with Crippen LogP contribution in [0.25, 0.3) is 0 Å².